The minimum Gasteiger partial charge on any atom is -0.327 e. The molecule has 2 N–H and O–H groups in total. The van der Waals surface area contributed by atoms with Gasteiger partial charge in [0.1, 0.15) is 0 Å². The molecule has 70 valence electrons. The van der Waals surface area contributed by atoms with Crippen molar-refractivity contribution in [2.24, 2.45) is 5.73 Å². The van der Waals surface area contributed by atoms with E-state index in [0.29, 0.717) is 10.9 Å². The van der Waals surface area contributed by atoms with Gasteiger partial charge >= 0.3 is 0 Å². The van der Waals surface area contributed by atoms with E-state index in [-0.39, 0.29) is 6.04 Å². The molecule has 1 aliphatic rings. The average Bonchev–Trinajstić information content (AvgIpc) is 2.07. The molecule has 0 saturated heterocycles. The molecule has 0 unspecified atom stereocenters. The fourth-order valence-electron chi connectivity index (χ4n) is 1.71. The number of hydrogen-bond donors (Lipinski definition) is 1. The van der Waals surface area contributed by atoms with Gasteiger partial charge in [-0.2, -0.15) is 0 Å². The van der Waals surface area contributed by atoms with Crippen molar-refractivity contribution in [3.8, 4) is 0 Å². The largest absolute Gasteiger partial charge is 0.327 e. The van der Waals surface area contributed by atoms with Crippen molar-refractivity contribution in [3.63, 3.8) is 0 Å². The molecule has 1 aromatic rings. The highest BCUT2D eigenvalue weighted by Gasteiger charge is 2.30. The molecule has 1 saturated carbocycles. The number of benzene rings is 1. The lowest BCUT2D eigenvalue weighted by atomic mass is 9.76. The van der Waals surface area contributed by atoms with Crippen molar-refractivity contribution in [2.45, 2.75) is 24.8 Å². The maximum Gasteiger partial charge on any atom is 0.0456 e. The Kier molecular flexibility index (Phi) is 2.50. The third kappa shape index (κ3) is 1.69. The second kappa shape index (κ2) is 3.49. The molecule has 1 aliphatic carbocycles. The normalized spacial score (nSPS) is 27.0. The summed E-state index contributed by atoms with van der Waals surface area (Å²) in [5.41, 5.74) is 7.01. The summed E-state index contributed by atoms with van der Waals surface area (Å²) in [6, 6.07) is 5.91. The molecule has 1 fully saturated rings. The van der Waals surface area contributed by atoms with Crippen LogP contribution in [0.25, 0.3) is 0 Å². The maximum absolute atomic E-state index is 6.06. The zero-order valence-corrected chi connectivity index (χ0v) is 8.65. The molecule has 0 heterocycles. The first kappa shape index (κ1) is 9.32. The van der Waals surface area contributed by atoms with Gasteiger partial charge in [-0.05, 0) is 30.5 Å². The highest BCUT2D eigenvalue weighted by molar-refractivity contribution is 6.35. The van der Waals surface area contributed by atoms with Crippen LogP contribution in [0.4, 0.5) is 0 Å². The summed E-state index contributed by atoms with van der Waals surface area (Å²) in [7, 11) is 0. The highest BCUT2D eigenvalue weighted by Crippen LogP contribution is 2.39. The van der Waals surface area contributed by atoms with Crippen molar-refractivity contribution >= 4 is 23.2 Å². The van der Waals surface area contributed by atoms with Gasteiger partial charge in [0.25, 0.3) is 0 Å². The molecule has 0 bridgehead atoms. The van der Waals surface area contributed by atoms with E-state index in [1.807, 2.05) is 12.1 Å². The Morgan fingerprint density at radius 3 is 2.46 bits per heavy atom. The molecule has 0 aromatic heterocycles. The molecule has 2 rings (SSSR count). The van der Waals surface area contributed by atoms with Gasteiger partial charge in [0.15, 0.2) is 0 Å². The molecule has 1 aromatic carbocycles. The molecule has 2 atom stereocenters. The Bertz CT molecular complexity index is 325. The minimum absolute atomic E-state index is 0.277. The quantitative estimate of drug-likeness (QED) is 0.766. The third-order valence-corrected chi connectivity index (χ3v) is 3.25. The lowest BCUT2D eigenvalue weighted by Crippen LogP contribution is -2.37. The number of nitrogens with two attached hydrogens (primary N) is 1. The highest BCUT2D eigenvalue weighted by atomic mass is 35.5. The van der Waals surface area contributed by atoms with Gasteiger partial charge in [0.05, 0.1) is 0 Å². The van der Waals surface area contributed by atoms with E-state index in [1.165, 1.54) is 0 Å². The molecule has 13 heavy (non-hydrogen) atoms. The van der Waals surface area contributed by atoms with Crippen LogP contribution in [0.2, 0.25) is 10.0 Å². The Hall–Kier alpha value is -0.240. The molecule has 3 heteroatoms. The van der Waals surface area contributed by atoms with E-state index in [1.54, 1.807) is 6.07 Å². The van der Waals surface area contributed by atoms with E-state index in [4.69, 9.17) is 28.9 Å². The van der Waals surface area contributed by atoms with Gasteiger partial charge in [0.2, 0.25) is 0 Å². The Morgan fingerprint density at radius 1 is 1.23 bits per heavy atom. The van der Waals surface area contributed by atoms with Crippen LogP contribution in [0.5, 0.6) is 0 Å². The summed E-state index contributed by atoms with van der Waals surface area (Å²) >= 11 is 11.9. The minimum atomic E-state index is 0.277. The van der Waals surface area contributed by atoms with E-state index < -0.39 is 0 Å². The van der Waals surface area contributed by atoms with Gasteiger partial charge in [-0.15, -0.1) is 0 Å². The van der Waals surface area contributed by atoms with Crippen molar-refractivity contribution in [1.82, 2.24) is 0 Å². The fraction of sp³-hybridized carbons (Fsp3) is 0.400. The second-order valence-electron chi connectivity index (χ2n) is 3.51. The summed E-state index contributed by atoms with van der Waals surface area (Å²) in [4.78, 5) is 0. The summed E-state index contributed by atoms with van der Waals surface area (Å²) in [5.74, 6) is 0.435. The summed E-state index contributed by atoms with van der Waals surface area (Å²) in [6.45, 7) is 0. The van der Waals surface area contributed by atoms with Crippen molar-refractivity contribution in [2.75, 3.05) is 0 Å². The van der Waals surface area contributed by atoms with Crippen LogP contribution in [0.15, 0.2) is 18.2 Å². The zero-order chi connectivity index (χ0) is 9.42. The summed E-state index contributed by atoms with van der Waals surface area (Å²) in [5, 5.41) is 1.43. The Morgan fingerprint density at radius 2 is 2.00 bits per heavy atom. The van der Waals surface area contributed by atoms with Crippen LogP contribution < -0.4 is 5.73 Å². The van der Waals surface area contributed by atoms with Crippen molar-refractivity contribution in [1.29, 1.82) is 0 Å². The van der Waals surface area contributed by atoms with Crippen LogP contribution in [0.3, 0.4) is 0 Å². The second-order valence-corrected chi connectivity index (χ2v) is 4.36. The van der Waals surface area contributed by atoms with Gasteiger partial charge in [-0.3, -0.25) is 0 Å². The van der Waals surface area contributed by atoms with E-state index in [2.05, 4.69) is 0 Å². The van der Waals surface area contributed by atoms with Crippen molar-refractivity contribution < 1.29 is 0 Å². The molecular formula is C10H11Cl2N. The molecular weight excluding hydrogens is 205 g/mol. The van der Waals surface area contributed by atoms with Gasteiger partial charge in [-0.25, -0.2) is 0 Å². The molecule has 0 radical (unpaired) electrons. The Balaban J connectivity index is 2.30. The topological polar surface area (TPSA) is 26.0 Å². The van der Waals surface area contributed by atoms with E-state index in [0.717, 1.165) is 23.4 Å². The van der Waals surface area contributed by atoms with Crippen LogP contribution in [-0.4, -0.2) is 6.04 Å². The van der Waals surface area contributed by atoms with Crippen LogP contribution in [0.1, 0.15) is 24.3 Å². The first-order chi connectivity index (χ1) is 6.18. The molecule has 1 nitrogen and oxygen atoms in total. The van der Waals surface area contributed by atoms with Gasteiger partial charge in [-0.1, -0.05) is 29.3 Å². The third-order valence-electron chi connectivity index (χ3n) is 2.69. The first-order valence-electron chi connectivity index (χ1n) is 4.39. The number of halogens is 2. The maximum atomic E-state index is 6.06. The zero-order valence-electron chi connectivity index (χ0n) is 7.13. The van der Waals surface area contributed by atoms with Crippen molar-refractivity contribution in [3.05, 3.63) is 33.8 Å². The van der Waals surface area contributed by atoms with Crippen LogP contribution >= 0.6 is 23.2 Å². The molecule has 0 spiro atoms. The SMILES string of the molecule is N[C@H]1CC[C@H]1c1ccc(Cl)cc1Cl. The van der Waals surface area contributed by atoms with Gasteiger partial charge < -0.3 is 5.73 Å². The molecule has 0 amide bonds. The lowest BCUT2D eigenvalue weighted by molar-refractivity contribution is 0.347. The summed E-state index contributed by atoms with van der Waals surface area (Å²) < 4.78 is 0. The average molecular weight is 216 g/mol. The number of rotatable bonds is 1. The van der Waals surface area contributed by atoms with E-state index >= 15 is 0 Å². The van der Waals surface area contributed by atoms with E-state index in [9.17, 15) is 0 Å². The predicted octanol–water partition coefficient (Wildman–Crippen LogP) is 3.20. The monoisotopic (exact) mass is 215 g/mol. The van der Waals surface area contributed by atoms with Gasteiger partial charge in [0, 0.05) is 22.0 Å². The standard InChI is InChI=1S/C10H11Cl2N/c11-6-1-2-7(9(12)5-6)8-3-4-10(8)13/h1-2,5,8,10H,3-4,13H2/t8-,10-/m0/s1. The Labute approximate surface area is 87.8 Å². The van der Waals surface area contributed by atoms with Crippen LogP contribution in [-0.2, 0) is 0 Å². The molecule has 0 aliphatic heterocycles. The smallest absolute Gasteiger partial charge is 0.0456 e. The number of hydrogen-bond acceptors (Lipinski definition) is 1. The fourth-order valence-corrected chi connectivity index (χ4v) is 2.26. The predicted molar refractivity (Wildman–Crippen MR) is 56.4 cm³/mol. The lowest BCUT2D eigenvalue weighted by Gasteiger charge is -2.34. The van der Waals surface area contributed by atoms with Crippen LogP contribution in [0, 0.1) is 0 Å². The first-order valence-corrected chi connectivity index (χ1v) is 5.14. The summed E-state index contributed by atoms with van der Waals surface area (Å²) in [6.07, 6.45) is 2.24.